The van der Waals surface area contributed by atoms with E-state index in [0.29, 0.717) is 12.0 Å². The number of benzene rings is 2. The third kappa shape index (κ3) is 5.85. The Morgan fingerprint density at radius 2 is 1.63 bits per heavy atom. The largest absolute Gasteiger partial charge is 0.508 e. The second kappa shape index (κ2) is 9.96. The second-order valence-corrected chi connectivity index (χ2v) is 5.67. The van der Waals surface area contributed by atoms with Crippen LogP contribution in [0, 0.1) is 6.92 Å². The summed E-state index contributed by atoms with van der Waals surface area (Å²) >= 11 is 0. The van der Waals surface area contributed by atoms with Crippen molar-refractivity contribution in [3.05, 3.63) is 58.7 Å². The fraction of sp³-hybridized carbons (Fsp3) is 0.250. The SMILES string of the molecule is CCN(CC)c1ccc(C)c(O)c1.O=Cc1ccc(C(=O)O)cc1C(=O)O. The number of aryl methyl sites for hydroxylation is 1. The van der Waals surface area contributed by atoms with Crippen molar-refractivity contribution >= 4 is 23.9 Å². The zero-order chi connectivity index (χ0) is 20.6. The van der Waals surface area contributed by atoms with Gasteiger partial charge in [-0.15, -0.1) is 0 Å². The molecule has 0 radical (unpaired) electrons. The standard InChI is InChI=1S/C11H17NO.C9H6O5/c1-4-12(5-2)10-7-6-9(3)11(13)8-10;10-4-6-2-1-5(8(11)12)3-7(6)9(13)14/h6-8,13H,4-5H2,1-3H3;1-4H,(H,11,12)(H,13,14). The minimum atomic E-state index is -1.32. The molecule has 2 aromatic rings. The number of carboxylic acid groups (broad SMARTS) is 2. The molecule has 0 aliphatic carbocycles. The summed E-state index contributed by atoms with van der Waals surface area (Å²) in [5.41, 5.74) is 1.51. The van der Waals surface area contributed by atoms with Gasteiger partial charge in [0.1, 0.15) is 5.75 Å². The molecule has 7 nitrogen and oxygen atoms in total. The maximum Gasteiger partial charge on any atom is 0.336 e. The molecule has 7 heteroatoms. The zero-order valence-corrected chi connectivity index (χ0v) is 15.5. The maximum atomic E-state index is 10.6. The normalized spacial score (nSPS) is 9.74. The first-order valence-electron chi connectivity index (χ1n) is 8.35. The molecular formula is C20H23NO6. The average Bonchev–Trinajstić information content (AvgIpc) is 2.65. The van der Waals surface area contributed by atoms with Gasteiger partial charge in [-0.3, -0.25) is 4.79 Å². The fourth-order valence-electron chi connectivity index (χ4n) is 2.36. The summed E-state index contributed by atoms with van der Waals surface area (Å²) in [7, 11) is 0. The third-order valence-electron chi connectivity index (χ3n) is 3.98. The van der Waals surface area contributed by atoms with Gasteiger partial charge in [-0.1, -0.05) is 6.07 Å². The number of hydrogen-bond donors (Lipinski definition) is 3. The number of aldehydes is 1. The molecule has 0 amide bonds. The first kappa shape index (κ1) is 21.7. The Bertz CT molecular complexity index is 827. The lowest BCUT2D eigenvalue weighted by molar-refractivity contribution is 0.0694. The third-order valence-corrected chi connectivity index (χ3v) is 3.98. The van der Waals surface area contributed by atoms with Crippen molar-refractivity contribution in [2.75, 3.05) is 18.0 Å². The van der Waals surface area contributed by atoms with Crippen molar-refractivity contribution in [1.82, 2.24) is 0 Å². The summed E-state index contributed by atoms with van der Waals surface area (Å²) < 4.78 is 0. The van der Waals surface area contributed by atoms with Crippen LogP contribution in [0.15, 0.2) is 36.4 Å². The Kier molecular flexibility index (Phi) is 8.00. The molecule has 0 fully saturated rings. The van der Waals surface area contributed by atoms with Gasteiger partial charge in [-0.25, -0.2) is 9.59 Å². The highest BCUT2D eigenvalue weighted by atomic mass is 16.4. The number of nitrogens with zero attached hydrogens (tertiary/aromatic N) is 1. The molecule has 0 spiro atoms. The molecule has 0 aliphatic rings. The van der Waals surface area contributed by atoms with E-state index < -0.39 is 11.9 Å². The van der Waals surface area contributed by atoms with Crippen LogP contribution in [0.25, 0.3) is 0 Å². The van der Waals surface area contributed by atoms with Crippen molar-refractivity contribution in [2.45, 2.75) is 20.8 Å². The van der Waals surface area contributed by atoms with Crippen LogP contribution >= 0.6 is 0 Å². The molecule has 2 aromatic carbocycles. The van der Waals surface area contributed by atoms with Crippen molar-refractivity contribution in [3.8, 4) is 5.75 Å². The molecule has 0 aromatic heterocycles. The Morgan fingerprint density at radius 1 is 1.00 bits per heavy atom. The van der Waals surface area contributed by atoms with Crippen molar-refractivity contribution in [2.24, 2.45) is 0 Å². The van der Waals surface area contributed by atoms with E-state index in [1.54, 1.807) is 0 Å². The second-order valence-electron chi connectivity index (χ2n) is 5.67. The summed E-state index contributed by atoms with van der Waals surface area (Å²) in [6, 6.07) is 9.11. The van der Waals surface area contributed by atoms with Crippen LogP contribution in [-0.2, 0) is 0 Å². The van der Waals surface area contributed by atoms with Crippen LogP contribution in [0.4, 0.5) is 5.69 Å². The zero-order valence-electron chi connectivity index (χ0n) is 15.5. The number of hydrogen-bond acceptors (Lipinski definition) is 5. The predicted octanol–water partition coefficient (Wildman–Crippen LogP) is 3.44. The average molecular weight is 373 g/mol. The van der Waals surface area contributed by atoms with Gasteiger partial charge in [0, 0.05) is 30.4 Å². The van der Waals surface area contributed by atoms with E-state index in [2.05, 4.69) is 18.7 Å². The van der Waals surface area contributed by atoms with Crippen LogP contribution in [0.3, 0.4) is 0 Å². The lowest BCUT2D eigenvalue weighted by Gasteiger charge is -2.21. The smallest absolute Gasteiger partial charge is 0.336 e. The van der Waals surface area contributed by atoms with Gasteiger partial charge in [0.25, 0.3) is 0 Å². The topological polar surface area (TPSA) is 115 Å². The van der Waals surface area contributed by atoms with E-state index in [1.165, 1.54) is 12.1 Å². The fourth-order valence-corrected chi connectivity index (χ4v) is 2.36. The summed E-state index contributed by atoms with van der Waals surface area (Å²) in [4.78, 5) is 33.7. The minimum absolute atomic E-state index is 0.0394. The first-order valence-corrected chi connectivity index (χ1v) is 8.35. The van der Waals surface area contributed by atoms with E-state index in [-0.39, 0.29) is 16.7 Å². The van der Waals surface area contributed by atoms with Crippen LogP contribution in [-0.4, -0.2) is 46.6 Å². The van der Waals surface area contributed by atoms with Gasteiger partial charge >= 0.3 is 11.9 Å². The van der Waals surface area contributed by atoms with Crippen LogP contribution in [0.1, 0.15) is 50.5 Å². The Balaban J connectivity index is 0.000000271. The van der Waals surface area contributed by atoms with E-state index >= 15 is 0 Å². The van der Waals surface area contributed by atoms with Gasteiger partial charge in [0.05, 0.1) is 11.1 Å². The summed E-state index contributed by atoms with van der Waals surface area (Å²) in [5.74, 6) is -2.18. The Hall–Kier alpha value is -3.35. The molecule has 0 aliphatic heterocycles. The van der Waals surface area contributed by atoms with Crippen molar-refractivity contribution in [3.63, 3.8) is 0 Å². The number of aromatic carboxylic acids is 2. The Labute approximate surface area is 157 Å². The molecule has 3 N–H and O–H groups in total. The van der Waals surface area contributed by atoms with Gasteiger partial charge in [-0.05, 0) is 50.6 Å². The van der Waals surface area contributed by atoms with E-state index in [4.69, 9.17) is 10.2 Å². The quantitative estimate of drug-likeness (QED) is 0.664. The maximum absolute atomic E-state index is 10.6. The molecule has 0 heterocycles. The van der Waals surface area contributed by atoms with Crippen LogP contribution < -0.4 is 4.90 Å². The molecular weight excluding hydrogens is 350 g/mol. The van der Waals surface area contributed by atoms with E-state index in [9.17, 15) is 19.5 Å². The number of phenols is 1. The van der Waals surface area contributed by atoms with Crippen molar-refractivity contribution < 1.29 is 29.7 Å². The molecule has 0 saturated carbocycles. The number of phenolic OH excluding ortho intramolecular Hbond substituents is 1. The number of rotatable bonds is 6. The van der Waals surface area contributed by atoms with Gasteiger partial charge < -0.3 is 20.2 Å². The molecule has 0 saturated heterocycles. The molecule has 27 heavy (non-hydrogen) atoms. The predicted molar refractivity (Wildman–Crippen MR) is 102 cm³/mol. The highest BCUT2D eigenvalue weighted by molar-refractivity contribution is 6.00. The van der Waals surface area contributed by atoms with E-state index in [0.717, 1.165) is 30.4 Å². The lowest BCUT2D eigenvalue weighted by Crippen LogP contribution is -2.21. The number of anilines is 1. The molecule has 0 unspecified atom stereocenters. The molecule has 0 bridgehead atoms. The number of carbonyl (C=O) groups is 3. The van der Waals surface area contributed by atoms with Gasteiger partial charge in [0.15, 0.2) is 6.29 Å². The molecule has 144 valence electrons. The summed E-state index contributed by atoms with van der Waals surface area (Å²) in [5, 5.41) is 26.7. The number of carbonyl (C=O) groups excluding carboxylic acids is 1. The Morgan fingerprint density at radius 3 is 2.07 bits per heavy atom. The van der Waals surface area contributed by atoms with Gasteiger partial charge in [-0.2, -0.15) is 0 Å². The highest BCUT2D eigenvalue weighted by Gasteiger charge is 2.12. The van der Waals surface area contributed by atoms with E-state index in [1.807, 2.05) is 25.1 Å². The number of aromatic hydroxyl groups is 1. The minimum Gasteiger partial charge on any atom is -0.508 e. The number of carboxylic acids is 2. The summed E-state index contributed by atoms with van der Waals surface area (Å²) in [6.45, 7) is 8.07. The highest BCUT2D eigenvalue weighted by Crippen LogP contribution is 2.23. The molecule has 2 rings (SSSR count). The van der Waals surface area contributed by atoms with Crippen LogP contribution in [0.2, 0.25) is 0 Å². The van der Waals surface area contributed by atoms with Crippen molar-refractivity contribution in [1.29, 1.82) is 0 Å². The first-order chi connectivity index (χ1) is 12.7. The van der Waals surface area contributed by atoms with Gasteiger partial charge in [0.2, 0.25) is 0 Å². The summed E-state index contributed by atoms with van der Waals surface area (Å²) in [6.07, 6.45) is 0.370. The lowest BCUT2D eigenvalue weighted by atomic mass is 10.1. The monoisotopic (exact) mass is 373 g/mol. The molecule has 0 atom stereocenters. The van der Waals surface area contributed by atoms with Crippen LogP contribution in [0.5, 0.6) is 5.75 Å².